The van der Waals surface area contributed by atoms with Gasteiger partial charge in [0.2, 0.25) is 0 Å². The highest BCUT2D eigenvalue weighted by atomic mass is 31.2. The molecule has 0 spiro atoms. The van der Waals surface area contributed by atoms with E-state index in [2.05, 4.69) is 9.78 Å². The molecule has 0 aliphatic carbocycles. The number of hydrogen-bond donors (Lipinski definition) is 6. The third kappa shape index (κ3) is 64.8. The van der Waals surface area contributed by atoms with E-state index in [1.165, 1.54) is 0 Å². The van der Waals surface area contributed by atoms with Crippen LogP contribution in [0.4, 0.5) is 0 Å². The summed E-state index contributed by atoms with van der Waals surface area (Å²) in [6, 6.07) is 0. The first-order chi connectivity index (χ1) is 7.00. The third-order valence-electron chi connectivity index (χ3n) is 0.789. The first-order valence-electron chi connectivity index (χ1n) is 3.81. The molecule has 0 atom stereocenters. The maximum atomic E-state index is 8.88. The first-order valence-corrected chi connectivity index (χ1v) is 6.94. The van der Waals surface area contributed by atoms with Gasteiger partial charge in [-0.1, -0.05) is 0 Å². The third-order valence-corrected chi connectivity index (χ3v) is 0.789. The molecule has 100 valence electrons. The van der Waals surface area contributed by atoms with Crippen LogP contribution in [0, 0.1) is 0 Å². The van der Waals surface area contributed by atoms with Crippen molar-refractivity contribution in [2.24, 2.45) is 0 Å². The SMILES string of the molecule is C1CCOOC1.O=P(O)(O)O.O=P(O)(O)O. The second-order valence-corrected chi connectivity index (χ2v) is 4.43. The van der Waals surface area contributed by atoms with E-state index >= 15 is 0 Å². The summed E-state index contributed by atoms with van der Waals surface area (Å²) in [6.07, 6.45) is 2.31. The van der Waals surface area contributed by atoms with E-state index < -0.39 is 15.6 Å². The molecule has 0 unspecified atom stereocenters. The number of phosphoric acid groups is 2. The summed E-state index contributed by atoms with van der Waals surface area (Å²) in [5.74, 6) is 0. The molecular weight excluding hydrogens is 270 g/mol. The number of hydrogen-bond acceptors (Lipinski definition) is 4. The van der Waals surface area contributed by atoms with Crippen LogP contribution in [0.1, 0.15) is 12.8 Å². The van der Waals surface area contributed by atoms with Gasteiger partial charge in [-0.05, 0) is 12.8 Å². The van der Waals surface area contributed by atoms with E-state index in [-0.39, 0.29) is 0 Å². The summed E-state index contributed by atoms with van der Waals surface area (Å²) >= 11 is 0. The Kier molecular flexibility index (Phi) is 10.6. The van der Waals surface area contributed by atoms with Crippen LogP contribution < -0.4 is 0 Å². The van der Waals surface area contributed by atoms with Crippen molar-refractivity contribution >= 4 is 15.6 Å². The summed E-state index contributed by atoms with van der Waals surface area (Å²) in [6.45, 7) is 1.56. The predicted molar refractivity (Wildman–Crippen MR) is 49.7 cm³/mol. The Hall–Kier alpha value is 0.140. The van der Waals surface area contributed by atoms with Crippen molar-refractivity contribution in [3.8, 4) is 0 Å². The van der Waals surface area contributed by atoms with E-state index in [4.69, 9.17) is 38.5 Å². The van der Waals surface area contributed by atoms with Gasteiger partial charge in [-0.15, -0.1) is 0 Å². The lowest BCUT2D eigenvalue weighted by Gasteiger charge is -2.07. The van der Waals surface area contributed by atoms with Crippen LogP contribution in [-0.2, 0) is 18.9 Å². The van der Waals surface area contributed by atoms with Crippen LogP contribution in [0.25, 0.3) is 0 Å². The van der Waals surface area contributed by atoms with Gasteiger partial charge in [0.15, 0.2) is 0 Å². The van der Waals surface area contributed by atoms with Gasteiger partial charge in [0.25, 0.3) is 0 Å². The Bertz CT molecular complexity index is 189. The van der Waals surface area contributed by atoms with Gasteiger partial charge in [0.1, 0.15) is 0 Å². The van der Waals surface area contributed by atoms with Crippen LogP contribution in [0.15, 0.2) is 0 Å². The Morgan fingerprint density at radius 3 is 0.938 bits per heavy atom. The molecule has 1 aliphatic heterocycles. The van der Waals surface area contributed by atoms with Crippen LogP contribution in [0.5, 0.6) is 0 Å². The van der Waals surface area contributed by atoms with Gasteiger partial charge < -0.3 is 29.4 Å². The summed E-state index contributed by atoms with van der Waals surface area (Å²) in [4.78, 5) is 52.3. The molecule has 1 fully saturated rings. The van der Waals surface area contributed by atoms with Gasteiger partial charge in [-0.3, -0.25) is 0 Å². The highest BCUT2D eigenvalue weighted by molar-refractivity contribution is 7.45. The molecule has 1 heterocycles. The molecule has 16 heavy (non-hydrogen) atoms. The van der Waals surface area contributed by atoms with Crippen LogP contribution in [-0.4, -0.2) is 42.6 Å². The zero-order valence-electron chi connectivity index (χ0n) is 8.04. The molecule has 12 heteroatoms. The zero-order valence-corrected chi connectivity index (χ0v) is 9.83. The molecule has 0 amide bonds. The van der Waals surface area contributed by atoms with E-state index in [9.17, 15) is 0 Å². The van der Waals surface area contributed by atoms with Crippen molar-refractivity contribution in [2.75, 3.05) is 13.2 Å². The molecule has 0 aromatic carbocycles. The summed E-state index contributed by atoms with van der Waals surface area (Å²) in [7, 11) is -9.28. The topological polar surface area (TPSA) is 174 Å². The van der Waals surface area contributed by atoms with Crippen molar-refractivity contribution in [3.63, 3.8) is 0 Å². The van der Waals surface area contributed by atoms with Gasteiger partial charge in [0, 0.05) is 0 Å². The van der Waals surface area contributed by atoms with E-state index in [0.717, 1.165) is 26.1 Å². The normalized spacial score (nSPS) is 16.4. The highest BCUT2D eigenvalue weighted by Crippen LogP contribution is 2.26. The molecule has 6 N–H and O–H groups in total. The van der Waals surface area contributed by atoms with Crippen molar-refractivity contribution in [1.29, 1.82) is 0 Å². The van der Waals surface area contributed by atoms with Crippen LogP contribution in [0.3, 0.4) is 0 Å². The Morgan fingerprint density at radius 2 is 0.875 bits per heavy atom. The average molecular weight is 284 g/mol. The smallest absolute Gasteiger partial charge is 0.303 e. The van der Waals surface area contributed by atoms with Gasteiger partial charge >= 0.3 is 15.6 Å². The summed E-state index contributed by atoms with van der Waals surface area (Å²) < 4.78 is 17.8. The number of rotatable bonds is 0. The minimum Gasteiger partial charge on any atom is -0.303 e. The second kappa shape index (κ2) is 9.20. The van der Waals surface area contributed by atoms with Crippen LogP contribution in [0.2, 0.25) is 0 Å². The maximum Gasteiger partial charge on any atom is 0.466 e. The Morgan fingerprint density at radius 1 is 0.688 bits per heavy atom. The fraction of sp³-hybridized carbons (Fsp3) is 1.00. The van der Waals surface area contributed by atoms with Crippen molar-refractivity contribution in [2.45, 2.75) is 12.8 Å². The first kappa shape index (κ1) is 18.5. The molecule has 0 bridgehead atoms. The minimum absolute atomic E-state index is 0.778. The van der Waals surface area contributed by atoms with Crippen molar-refractivity contribution in [1.82, 2.24) is 0 Å². The van der Waals surface area contributed by atoms with Gasteiger partial charge in [-0.25, -0.2) is 18.9 Å². The van der Waals surface area contributed by atoms with Crippen molar-refractivity contribution < 1.29 is 48.3 Å². The quantitative estimate of drug-likeness (QED) is 0.236. The molecule has 1 rings (SSSR count). The van der Waals surface area contributed by atoms with Crippen molar-refractivity contribution in [3.05, 3.63) is 0 Å². The average Bonchev–Trinajstić information content (AvgIpc) is 2.01. The molecule has 0 aromatic heterocycles. The Labute approximate surface area is 90.9 Å². The molecule has 0 radical (unpaired) electrons. The molecule has 0 aromatic rings. The fourth-order valence-electron chi connectivity index (χ4n) is 0.440. The largest absolute Gasteiger partial charge is 0.466 e. The van der Waals surface area contributed by atoms with E-state index in [0.29, 0.717) is 0 Å². The molecular formula is C4H14O10P2. The molecule has 0 saturated carbocycles. The lowest BCUT2D eigenvalue weighted by molar-refractivity contribution is -0.312. The molecule has 1 aliphatic rings. The predicted octanol–water partition coefficient (Wildman–Crippen LogP) is -1.13. The van der Waals surface area contributed by atoms with E-state index in [1.54, 1.807) is 0 Å². The van der Waals surface area contributed by atoms with E-state index in [1.807, 2.05) is 0 Å². The standard InChI is InChI=1S/C4H8O2.2H3O4P/c1-2-4-6-5-3-1;2*1-5(2,3)4/h1-4H2;2*(H3,1,2,3,4). The zero-order chi connectivity index (χ0) is 13.2. The summed E-state index contributed by atoms with van der Waals surface area (Å²) in [5, 5.41) is 0. The lowest BCUT2D eigenvalue weighted by Crippen LogP contribution is -2.05. The van der Waals surface area contributed by atoms with Crippen LogP contribution >= 0.6 is 15.6 Å². The van der Waals surface area contributed by atoms with Gasteiger partial charge in [0.05, 0.1) is 13.2 Å². The monoisotopic (exact) mass is 284 g/mol. The Balaban J connectivity index is 0. The molecule has 10 nitrogen and oxygen atoms in total. The maximum absolute atomic E-state index is 8.88. The summed E-state index contributed by atoms with van der Waals surface area (Å²) in [5.41, 5.74) is 0. The molecule has 1 saturated heterocycles. The lowest BCUT2D eigenvalue weighted by atomic mass is 10.3. The van der Waals surface area contributed by atoms with Gasteiger partial charge in [-0.2, -0.15) is 0 Å². The second-order valence-electron chi connectivity index (χ2n) is 2.38. The fourth-order valence-corrected chi connectivity index (χ4v) is 0.440. The highest BCUT2D eigenvalue weighted by Gasteiger charge is 2.00. The minimum atomic E-state index is -4.64.